The van der Waals surface area contributed by atoms with Gasteiger partial charge in [0.1, 0.15) is 5.82 Å². The lowest BCUT2D eigenvalue weighted by atomic mass is 9.98. The van der Waals surface area contributed by atoms with E-state index >= 15 is 0 Å². The van der Waals surface area contributed by atoms with Crippen LogP contribution >= 0.6 is 0 Å². The maximum absolute atomic E-state index is 13.5. The van der Waals surface area contributed by atoms with Gasteiger partial charge in [0.15, 0.2) is 0 Å². The van der Waals surface area contributed by atoms with Gasteiger partial charge in [0.05, 0.1) is 6.04 Å². The molecule has 2 aromatic carbocycles. The molecule has 1 aliphatic heterocycles. The molecule has 5 heteroatoms. The monoisotopic (exact) mass is 338 g/mol. The van der Waals surface area contributed by atoms with Gasteiger partial charge in [-0.1, -0.05) is 30.3 Å². The van der Waals surface area contributed by atoms with Crippen molar-refractivity contribution in [2.75, 3.05) is 5.32 Å². The number of halogens is 1. The standard InChI is InChI=1S/C20H19FN2O2/c1-13(15-6-9-18-16(12-15)8-11-20(25)23-18)22-19(24)10-7-14-4-2-3-5-17(14)21/h2-7,9-10,12-13H,8,11H2,1H3,(H,22,24)(H,23,25)/b10-7+. The van der Waals surface area contributed by atoms with E-state index < -0.39 is 0 Å². The average Bonchev–Trinajstić information content (AvgIpc) is 2.60. The topological polar surface area (TPSA) is 58.2 Å². The van der Waals surface area contributed by atoms with Crippen LogP contribution in [0.3, 0.4) is 0 Å². The van der Waals surface area contributed by atoms with Gasteiger partial charge in [-0.15, -0.1) is 0 Å². The van der Waals surface area contributed by atoms with E-state index in [1.807, 2.05) is 25.1 Å². The fraction of sp³-hybridized carbons (Fsp3) is 0.200. The van der Waals surface area contributed by atoms with Gasteiger partial charge in [-0.2, -0.15) is 0 Å². The van der Waals surface area contributed by atoms with Crippen LogP contribution < -0.4 is 10.6 Å². The maximum Gasteiger partial charge on any atom is 0.244 e. The lowest BCUT2D eigenvalue weighted by Crippen LogP contribution is -2.25. The highest BCUT2D eigenvalue weighted by atomic mass is 19.1. The van der Waals surface area contributed by atoms with Crippen molar-refractivity contribution < 1.29 is 14.0 Å². The molecule has 0 aromatic heterocycles. The smallest absolute Gasteiger partial charge is 0.244 e. The molecule has 0 saturated carbocycles. The first kappa shape index (κ1) is 16.9. The number of anilines is 1. The molecule has 2 aromatic rings. The summed E-state index contributed by atoms with van der Waals surface area (Å²) in [5.74, 6) is -0.627. The number of aryl methyl sites for hydroxylation is 1. The highest BCUT2D eigenvalue weighted by Gasteiger charge is 2.16. The van der Waals surface area contributed by atoms with Crippen molar-refractivity contribution >= 4 is 23.6 Å². The summed E-state index contributed by atoms with van der Waals surface area (Å²) in [7, 11) is 0. The highest BCUT2D eigenvalue weighted by molar-refractivity contribution is 5.94. The largest absolute Gasteiger partial charge is 0.346 e. The van der Waals surface area contributed by atoms with Crippen LogP contribution in [0.25, 0.3) is 6.08 Å². The first-order chi connectivity index (χ1) is 12.0. The van der Waals surface area contributed by atoms with Crippen molar-refractivity contribution in [1.82, 2.24) is 5.32 Å². The minimum absolute atomic E-state index is 0.0277. The van der Waals surface area contributed by atoms with Gasteiger partial charge < -0.3 is 10.6 Å². The Bertz CT molecular complexity index is 845. The van der Waals surface area contributed by atoms with Gasteiger partial charge in [0, 0.05) is 23.7 Å². The van der Waals surface area contributed by atoms with Crippen LogP contribution in [0.4, 0.5) is 10.1 Å². The zero-order valence-electron chi connectivity index (χ0n) is 13.9. The molecule has 1 atom stereocenters. The summed E-state index contributed by atoms with van der Waals surface area (Å²) in [4.78, 5) is 23.5. The van der Waals surface area contributed by atoms with E-state index in [0.717, 1.165) is 16.8 Å². The summed E-state index contributed by atoms with van der Waals surface area (Å²) in [6.45, 7) is 1.89. The third-order valence-corrected chi connectivity index (χ3v) is 4.20. The Morgan fingerprint density at radius 1 is 1.24 bits per heavy atom. The number of hydrogen-bond acceptors (Lipinski definition) is 2. The molecule has 128 valence electrons. The molecular weight excluding hydrogens is 319 g/mol. The average molecular weight is 338 g/mol. The van der Waals surface area contributed by atoms with Crippen molar-refractivity contribution in [3.8, 4) is 0 Å². The van der Waals surface area contributed by atoms with Gasteiger partial charge in [-0.05, 0) is 42.7 Å². The van der Waals surface area contributed by atoms with Crippen LogP contribution in [0.5, 0.6) is 0 Å². The van der Waals surface area contributed by atoms with Gasteiger partial charge in [-0.3, -0.25) is 9.59 Å². The Kier molecular flexibility index (Phi) is 4.93. The number of rotatable bonds is 4. The molecule has 0 saturated heterocycles. The summed E-state index contributed by atoms with van der Waals surface area (Å²) in [5.41, 5.74) is 3.23. The summed E-state index contributed by atoms with van der Waals surface area (Å²) < 4.78 is 13.5. The fourth-order valence-corrected chi connectivity index (χ4v) is 2.79. The molecule has 0 fully saturated rings. The van der Waals surface area contributed by atoms with Crippen LogP contribution in [0.15, 0.2) is 48.5 Å². The first-order valence-corrected chi connectivity index (χ1v) is 8.19. The number of fused-ring (bicyclic) bond motifs is 1. The third kappa shape index (κ3) is 4.12. The number of amides is 2. The number of benzene rings is 2. The molecule has 25 heavy (non-hydrogen) atoms. The minimum atomic E-state index is -0.365. The summed E-state index contributed by atoms with van der Waals surface area (Å²) >= 11 is 0. The predicted octanol–water partition coefficient (Wildman–Crippen LogP) is 3.60. The normalized spacial score (nSPS) is 14.7. The second-order valence-corrected chi connectivity index (χ2v) is 6.05. The Labute approximate surface area is 145 Å². The summed E-state index contributed by atoms with van der Waals surface area (Å²) in [5, 5.41) is 5.70. The quantitative estimate of drug-likeness (QED) is 0.837. The molecule has 1 heterocycles. The molecule has 2 amide bonds. The van der Waals surface area contributed by atoms with Gasteiger partial charge in [0.2, 0.25) is 11.8 Å². The van der Waals surface area contributed by atoms with E-state index in [-0.39, 0.29) is 23.7 Å². The molecule has 3 rings (SSSR count). The van der Waals surface area contributed by atoms with E-state index in [1.54, 1.807) is 18.2 Å². The molecule has 2 N–H and O–H groups in total. The molecule has 1 unspecified atom stereocenters. The minimum Gasteiger partial charge on any atom is -0.346 e. The fourth-order valence-electron chi connectivity index (χ4n) is 2.79. The van der Waals surface area contributed by atoms with E-state index in [1.165, 1.54) is 18.2 Å². The van der Waals surface area contributed by atoms with Crippen LogP contribution in [-0.4, -0.2) is 11.8 Å². The zero-order chi connectivity index (χ0) is 17.8. The maximum atomic E-state index is 13.5. The van der Waals surface area contributed by atoms with E-state index in [4.69, 9.17) is 0 Å². The Hall–Kier alpha value is -2.95. The molecule has 1 aliphatic rings. The molecule has 4 nitrogen and oxygen atoms in total. The zero-order valence-corrected chi connectivity index (χ0v) is 13.9. The SMILES string of the molecule is CC(NC(=O)/C=C/c1ccccc1F)c1ccc2c(c1)CCC(=O)N2. The molecule has 0 bridgehead atoms. The van der Waals surface area contributed by atoms with E-state index in [9.17, 15) is 14.0 Å². The summed E-state index contributed by atoms with van der Waals surface area (Å²) in [6.07, 6.45) is 3.96. The number of carbonyl (C=O) groups is 2. The second-order valence-electron chi connectivity index (χ2n) is 6.05. The van der Waals surface area contributed by atoms with E-state index in [0.29, 0.717) is 18.4 Å². The molecule has 0 spiro atoms. The second kappa shape index (κ2) is 7.30. The van der Waals surface area contributed by atoms with Crippen molar-refractivity contribution in [3.05, 3.63) is 71.0 Å². The lowest BCUT2D eigenvalue weighted by Gasteiger charge is -2.20. The highest BCUT2D eigenvalue weighted by Crippen LogP contribution is 2.26. The lowest BCUT2D eigenvalue weighted by molar-refractivity contribution is -0.117. The Morgan fingerprint density at radius 3 is 2.84 bits per heavy atom. The number of hydrogen-bond donors (Lipinski definition) is 2. The third-order valence-electron chi connectivity index (χ3n) is 4.20. The van der Waals surface area contributed by atoms with Crippen molar-refractivity contribution in [3.63, 3.8) is 0 Å². The first-order valence-electron chi connectivity index (χ1n) is 8.19. The van der Waals surface area contributed by atoms with Crippen LogP contribution in [0.1, 0.15) is 36.1 Å². The van der Waals surface area contributed by atoms with Crippen molar-refractivity contribution in [2.24, 2.45) is 0 Å². The molecule has 0 radical (unpaired) electrons. The number of nitrogens with one attached hydrogen (secondary N) is 2. The van der Waals surface area contributed by atoms with Gasteiger partial charge in [0.25, 0.3) is 0 Å². The van der Waals surface area contributed by atoms with Crippen LogP contribution in [-0.2, 0) is 16.0 Å². The van der Waals surface area contributed by atoms with Crippen molar-refractivity contribution in [1.29, 1.82) is 0 Å². The summed E-state index contributed by atoms with van der Waals surface area (Å²) in [6, 6.07) is 11.8. The van der Waals surface area contributed by atoms with E-state index in [2.05, 4.69) is 10.6 Å². The van der Waals surface area contributed by atoms with Crippen LogP contribution in [0, 0.1) is 5.82 Å². The van der Waals surface area contributed by atoms with Gasteiger partial charge in [-0.25, -0.2) is 4.39 Å². The number of carbonyl (C=O) groups excluding carboxylic acids is 2. The predicted molar refractivity (Wildman–Crippen MR) is 95.4 cm³/mol. The Morgan fingerprint density at radius 2 is 2.04 bits per heavy atom. The molecular formula is C20H19FN2O2. The van der Waals surface area contributed by atoms with Crippen LogP contribution in [0.2, 0.25) is 0 Å². The molecule has 0 aliphatic carbocycles. The Balaban J connectivity index is 1.66. The van der Waals surface area contributed by atoms with Gasteiger partial charge >= 0.3 is 0 Å². The van der Waals surface area contributed by atoms with Crippen molar-refractivity contribution in [2.45, 2.75) is 25.8 Å².